The Balaban J connectivity index is 1.31. The van der Waals surface area contributed by atoms with Gasteiger partial charge in [0.25, 0.3) is 0 Å². The lowest BCUT2D eigenvalue weighted by molar-refractivity contribution is 0.00578. The van der Waals surface area contributed by atoms with Gasteiger partial charge < -0.3 is 23.5 Å². The summed E-state index contributed by atoms with van der Waals surface area (Å²) in [5, 5.41) is 0. The second kappa shape index (κ2) is 11.7. The molecule has 0 aliphatic carbocycles. The van der Waals surface area contributed by atoms with Gasteiger partial charge in [0.2, 0.25) is 0 Å². The Morgan fingerprint density at radius 3 is 1.24 bits per heavy atom. The van der Waals surface area contributed by atoms with Gasteiger partial charge in [0.05, 0.1) is 34.5 Å². The number of hydrogen-bond donors (Lipinski definition) is 0. The topological polar surface area (TPSA) is 40.2 Å². The van der Waals surface area contributed by atoms with E-state index in [4.69, 9.17) is 18.6 Å². The van der Waals surface area contributed by atoms with E-state index in [1.54, 1.807) is 0 Å². The second-order valence-corrected chi connectivity index (χ2v) is 17.4. The number of nitrogens with zero attached hydrogens (tertiary/aromatic N) is 1. The van der Waals surface area contributed by atoms with Crippen LogP contribution in [0, 0.1) is 0 Å². The number of thioether (sulfide) groups is 1. The molecule has 3 aliphatic heterocycles. The maximum atomic E-state index is 6.35. The highest BCUT2D eigenvalue weighted by atomic mass is 32.2. The lowest BCUT2D eigenvalue weighted by Crippen LogP contribution is -2.41. The monoisotopic (exact) mass is 639 g/mol. The zero-order valence-corrected chi connectivity index (χ0v) is 30.5. The molecular weight excluding hydrogens is 588 g/mol. The molecule has 0 spiro atoms. The maximum absolute atomic E-state index is 6.35. The van der Waals surface area contributed by atoms with Crippen LogP contribution in [0.3, 0.4) is 0 Å². The molecule has 2 atom stereocenters. The Morgan fingerprint density at radius 2 is 0.913 bits per heavy atom. The molecule has 0 amide bonds. The third-order valence-electron chi connectivity index (χ3n) is 10.9. The first-order chi connectivity index (χ1) is 21.4. The number of benzene rings is 3. The molecule has 244 valence electrons. The van der Waals surface area contributed by atoms with Gasteiger partial charge in [0.1, 0.15) is 0 Å². The van der Waals surface area contributed by atoms with Gasteiger partial charge >= 0.3 is 14.2 Å². The second-order valence-electron chi connectivity index (χ2n) is 16.3. The minimum Gasteiger partial charge on any atom is -0.399 e. The van der Waals surface area contributed by atoms with E-state index in [-0.39, 0.29) is 54.1 Å². The number of hydrogen-bond acceptors (Lipinski definition) is 6. The van der Waals surface area contributed by atoms with Gasteiger partial charge in [-0.1, -0.05) is 81.4 Å². The largest absolute Gasteiger partial charge is 0.494 e. The molecule has 0 N–H and O–H groups in total. The maximum Gasteiger partial charge on any atom is 0.494 e. The van der Waals surface area contributed by atoms with Crippen LogP contribution in [0.15, 0.2) is 72.8 Å². The van der Waals surface area contributed by atoms with E-state index >= 15 is 0 Å². The lowest BCUT2D eigenvalue weighted by Gasteiger charge is -2.44. The summed E-state index contributed by atoms with van der Waals surface area (Å²) in [7, 11) is -0.730. The van der Waals surface area contributed by atoms with Crippen molar-refractivity contribution >= 4 is 42.6 Å². The first-order valence-electron chi connectivity index (χ1n) is 16.8. The van der Waals surface area contributed by atoms with Crippen LogP contribution >= 0.6 is 11.8 Å². The molecular formula is C38H51B2NO4S. The molecule has 0 aromatic heterocycles. The Labute approximate surface area is 282 Å². The third-order valence-corrected chi connectivity index (χ3v) is 12.1. The molecule has 8 heteroatoms. The zero-order valence-electron chi connectivity index (χ0n) is 29.6. The first-order valence-corrected chi connectivity index (χ1v) is 17.9. The van der Waals surface area contributed by atoms with Crippen LogP contribution in [-0.4, -0.2) is 48.1 Å². The molecule has 3 aromatic carbocycles. The third kappa shape index (κ3) is 6.21. The summed E-state index contributed by atoms with van der Waals surface area (Å²) < 4.78 is 25.4. The predicted octanol–water partition coefficient (Wildman–Crippen LogP) is 7.62. The van der Waals surface area contributed by atoms with Crippen LogP contribution in [0.4, 0.5) is 5.69 Å². The van der Waals surface area contributed by atoms with Crippen molar-refractivity contribution in [2.75, 3.05) is 16.4 Å². The van der Waals surface area contributed by atoms with Crippen LogP contribution in [0.25, 0.3) is 0 Å². The SMILES string of the molecule is CC(C)(C)c1ccc(N2C(c3ccc(B4OC(C)(C)C(C)(C)O4)cc3)CSCC2c2ccc(B3OC(C)(C)C(C)(C)O3)cc2)cc1. The summed E-state index contributed by atoms with van der Waals surface area (Å²) in [6, 6.07) is 27.5. The highest BCUT2D eigenvalue weighted by Gasteiger charge is 2.52. The van der Waals surface area contributed by atoms with Gasteiger partial charge in [-0.15, -0.1) is 0 Å². The van der Waals surface area contributed by atoms with E-state index in [9.17, 15) is 0 Å². The highest BCUT2D eigenvalue weighted by molar-refractivity contribution is 7.99. The molecule has 3 fully saturated rings. The molecule has 46 heavy (non-hydrogen) atoms. The zero-order chi connectivity index (χ0) is 33.3. The molecule has 2 unspecified atom stereocenters. The van der Waals surface area contributed by atoms with Crippen molar-refractivity contribution in [3.8, 4) is 0 Å². The number of rotatable bonds is 5. The molecule has 6 rings (SSSR count). The summed E-state index contributed by atoms with van der Waals surface area (Å²) in [5.41, 5.74) is 5.94. The van der Waals surface area contributed by atoms with E-state index in [1.165, 1.54) is 22.4 Å². The molecule has 0 bridgehead atoms. The van der Waals surface area contributed by atoms with Crippen molar-refractivity contribution in [1.82, 2.24) is 0 Å². The molecule has 0 radical (unpaired) electrons. The fourth-order valence-electron chi connectivity index (χ4n) is 6.39. The minimum atomic E-state index is -0.365. The molecule has 3 saturated heterocycles. The van der Waals surface area contributed by atoms with Crippen LogP contribution < -0.4 is 15.8 Å². The standard InChI is InChI=1S/C38H51B2NO4S/c1-34(2,3)28-16-22-31(23-17-28)41-32(26-12-18-29(19-13-26)39-42-35(4,5)36(6,7)43-39)24-46-25-33(41)27-14-20-30(21-15-27)40-44-37(8,9)38(10,11)45-40/h12-23,32-33H,24-25H2,1-11H3. The number of anilines is 1. The summed E-state index contributed by atoms with van der Waals surface area (Å²) in [6.07, 6.45) is 0. The van der Waals surface area contributed by atoms with Crippen molar-refractivity contribution in [3.63, 3.8) is 0 Å². The quantitative estimate of drug-likeness (QED) is 0.268. The molecule has 3 aromatic rings. The van der Waals surface area contributed by atoms with Crippen molar-refractivity contribution in [1.29, 1.82) is 0 Å². The average molecular weight is 640 g/mol. The Morgan fingerprint density at radius 1 is 0.565 bits per heavy atom. The molecule has 3 aliphatic rings. The van der Waals surface area contributed by atoms with E-state index in [2.05, 4.69) is 154 Å². The highest BCUT2D eigenvalue weighted by Crippen LogP contribution is 2.44. The van der Waals surface area contributed by atoms with Crippen molar-refractivity contribution in [3.05, 3.63) is 89.5 Å². The van der Waals surface area contributed by atoms with E-state index in [1.807, 2.05) is 11.8 Å². The predicted molar refractivity (Wildman–Crippen MR) is 195 cm³/mol. The fraction of sp³-hybridized carbons (Fsp3) is 0.526. The van der Waals surface area contributed by atoms with Gasteiger partial charge in [-0.05, 0) is 101 Å². The summed E-state index contributed by atoms with van der Waals surface area (Å²) in [4.78, 5) is 2.64. The fourth-order valence-corrected chi connectivity index (χ4v) is 7.67. The average Bonchev–Trinajstić information content (AvgIpc) is 3.36. The lowest BCUT2D eigenvalue weighted by atomic mass is 9.78. The van der Waals surface area contributed by atoms with Crippen LogP contribution in [-0.2, 0) is 24.0 Å². The van der Waals surface area contributed by atoms with Crippen molar-refractivity contribution < 1.29 is 18.6 Å². The van der Waals surface area contributed by atoms with Crippen LogP contribution in [0.5, 0.6) is 0 Å². The van der Waals surface area contributed by atoms with Crippen LogP contribution in [0.2, 0.25) is 0 Å². The Bertz CT molecular complexity index is 1410. The summed E-state index contributed by atoms with van der Waals surface area (Å²) in [6.45, 7) is 23.6. The van der Waals surface area contributed by atoms with Gasteiger partial charge in [-0.2, -0.15) is 11.8 Å². The van der Waals surface area contributed by atoms with Gasteiger partial charge in [-0.3, -0.25) is 0 Å². The molecule has 3 heterocycles. The normalized spacial score (nSPS) is 25.2. The van der Waals surface area contributed by atoms with E-state index in [0.717, 1.165) is 22.4 Å². The summed E-state index contributed by atoms with van der Waals surface area (Å²) >= 11 is 2.02. The molecule has 0 saturated carbocycles. The smallest absolute Gasteiger partial charge is 0.399 e. The Kier molecular flexibility index (Phi) is 8.59. The van der Waals surface area contributed by atoms with E-state index < -0.39 is 0 Å². The van der Waals surface area contributed by atoms with Gasteiger partial charge in [0, 0.05) is 17.2 Å². The van der Waals surface area contributed by atoms with Gasteiger partial charge in [0.15, 0.2) is 0 Å². The first kappa shape index (κ1) is 33.7. The Hall–Kier alpha value is -2.22. The van der Waals surface area contributed by atoms with Crippen molar-refractivity contribution in [2.45, 2.75) is 116 Å². The van der Waals surface area contributed by atoms with Gasteiger partial charge in [-0.25, -0.2) is 0 Å². The minimum absolute atomic E-state index is 0.0990. The van der Waals surface area contributed by atoms with Crippen LogP contribution in [0.1, 0.15) is 105 Å². The van der Waals surface area contributed by atoms with Crippen molar-refractivity contribution in [2.24, 2.45) is 0 Å². The molecule has 5 nitrogen and oxygen atoms in total. The van der Waals surface area contributed by atoms with E-state index in [0.29, 0.717) is 0 Å². The summed E-state index contributed by atoms with van der Waals surface area (Å²) in [5.74, 6) is 2.03.